The van der Waals surface area contributed by atoms with Crippen molar-refractivity contribution in [2.75, 3.05) is 44.0 Å². The number of para-hydroxylation sites is 2. The summed E-state index contributed by atoms with van der Waals surface area (Å²) in [6.07, 6.45) is 1.77. The lowest BCUT2D eigenvalue weighted by atomic mass is 9.85. The normalized spacial score (nSPS) is 22.1. The van der Waals surface area contributed by atoms with Crippen molar-refractivity contribution in [2.45, 2.75) is 18.4 Å². The number of methoxy groups -OCH3 is 1. The van der Waals surface area contributed by atoms with Crippen LogP contribution in [0.25, 0.3) is 0 Å². The summed E-state index contributed by atoms with van der Waals surface area (Å²) in [7, 11) is 1.67. The molecule has 2 aliphatic heterocycles. The van der Waals surface area contributed by atoms with Crippen LogP contribution in [0.2, 0.25) is 5.02 Å². The zero-order valence-corrected chi connectivity index (χ0v) is 17.2. The SMILES string of the molecule is COCCN=C1Nc2ccccc2N[C@]12CCCN(C(=O)c1cccc(Cl)c1)C2. The van der Waals surface area contributed by atoms with E-state index in [0.29, 0.717) is 36.8 Å². The highest BCUT2D eigenvalue weighted by Gasteiger charge is 2.44. The van der Waals surface area contributed by atoms with Crippen LogP contribution in [0.1, 0.15) is 23.2 Å². The molecule has 152 valence electrons. The smallest absolute Gasteiger partial charge is 0.253 e. The van der Waals surface area contributed by atoms with Crippen molar-refractivity contribution in [3.63, 3.8) is 0 Å². The molecule has 2 aliphatic rings. The molecule has 0 radical (unpaired) electrons. The maximum atomic E-state index is 13.1. The highest BCUT2D eigenvalue weighted by molar-refractivity contribution is 6.31. The molecule has 2 aromatic rings. The largest absolute Gasteiger partial charge is 0.383 e. The number of anilines is 2. The van der Waals surface area contributed by atoms with Gasteiger partial charge in [-0.1, -0.05) is 29.8 Å². The van der Waals surface area contributed by atoms with E-state index >= 15 is 0 Å². The van der Waals surface area contributed by atoms with Gasteiger partial charge in [-0.05, 0) is 43.2 Å². The Morgan fingerprint density at radius 2 is 2.07 bits per heavy atom. The van der Waals surface area contributed by atoms with Crippen molar-refractivity contribution in [3.05, 3.63) is 59.1 Å². The summed E-state index contributed by atoms with van der Waals surface area (Å²) in [5, 5.41) is 7.75. The first-order chi connectivity index (χ1) is 14.1. The minimum Gasteiger partial charge on any atom is -0.383 e. The molecule has 1 saturated heterocycles. The van der Waals surface area contributed by atoms with Gasteiger partial charge in [0.05, 0.1) is 31.1 Å². The summed E-state index contributed by atoms with van der Waals surface area (Å²) in [5.41, 5.74) is 2.17. The van der Waals surface area contributed by atoms with Gasteiger partial charge in [0.1, 0.15) is 11.4 Å². The number of ether oxygens (including phenoxy) is 1. The molecule has 1 amide bonds. The Balaban J connectivity index is 1.64. The third-order valence-electron chi connectivity index (χ3n) is 5.42. The Morgan fingerprint density at radius 3 is 2.86 bits per heavy atom. The number of rotatable bonds is 4. The fourth-order valence-corrected chi connectivity index (χ4v) is 4.22. The second kappa shape index (κ2) is 8.43. The van der Waals surface area contributed by atoms with Crippen LogP contribution in [0, 0.1) is 0 Å². The van der Waals surface area contributed by atoms with Gasteiger partial charge in [-0.25, -0.2) is 0 Å². The number of nitrogens with one attached hydrogen (secondary N) is 2. The standard InChI is InChI=1S/C22H25ClN4O2/c1-29-13-11-24-21-22(26-19-9-3-2-8-18(19)25-21)10-5-12-27(15-22)20(28)16-6-4-7-17(23)14-16/h2-4,6-9,14,26H,5,10-13,15H2,1H3,(H,24,25)/t22-/m0/s1. The van der Waals surface area contributed by atoms with E-state index in [9.17, 15) is 4.79 Å². The van der Waals surface area contributed by atoms with Gasteiger partial charge in [-0.3, -0.25) is 9.79 Å². The lowest BCUT2D eigenvalue weighted by Gasteiger charge is -2.47. The molecule has 6 nitrogen and oxygen atoms in total. The molecule has 0 bridgehead atoms. The monoisotopic (exact) mass is 412 g/mol. The van der Waals surface area contributed by atoms with E-state index in [1.807, 2.05) is 41.3 Å². The fraction of sp³-hybridized carbons (Fsp3) is 0.364. The number of halogens is 1. The number of amidine groups is 1. The molecule has 0 aliphatic carbocycles. The molecule has 4 rings (SSSR count). The van der Waals surface area contributed by atoms with Crippen LogP contribution in [0.5, 0.6) is 0 Å². The van der Waals surface area contributed by atoms with Gasteiger partial charge in [-0.2, -0.15) is 0 Å². The molecule has 2 aromatic carbocycles. The van der Waals surface area contributed by atoms with E-state index in [4.69, 9.17) is 21.3 Å². The number of likely N-dealkylation sites (tertiary alicyclic amines) is 1. The first kappa shape index (κ1) is 19.7. The molecule has 1 spiro atoms. The van der Waals surface area contributed by atoms with Gasteiger partial charge in [0.15, 0.2) is 0 Å². The fourth-order valence-electron chi connectivity index (χ4n) is 4.03. The summed E-state index contributed by atoms with van der Waals surface area (Å²) >= 11 is 6.10. The Kier molecular flexibility index (Phi) is 5.74. The van der Waals surface area contributed by atoms with Crippen molar-refractivity contribution in [3.8, 4) is 0 Å². The minimum atomic E-state index is -0.450. The van der Waals surface area contributed by atoms with Crippen molar-refractivity contribution in [1.29, 1.82) is 0 Å². The Hall–Kier alpha value is -2.57. The van der Waals surface area contributed by atoms with Crippen molar-refractivity contribution >= 4 is 34.7 Å². The van der Waals surface area contributed by atoms with E-state index in [1.54, 1.807) is 19.2 Å². The zero-order valence-electron chi connectivity index (χ0n) is 16.5. The van der Waals surface area contributed by atoms with Gasteiger partial charge in [-0.15, -0.1) is 0 Å². The number of hydrogen-bond acceptors (Lipinski definition) is 4. The minimum absolute atomic E-state index is 0.0107. The van der Waals surface area contributed by atoms with Gasteiger partial charge in [0.25, 0.3) is 5.91 Å². The molecule has 7 heteroatoms. The van der Waals surface area contributed by atoms with Crippen LogP contribution in [0.3, 0.4) is 0 Å². The quantitative estimate of drug-likeness (QED) is 0.747. The summed E-state index contributed by atoms with van der Waals surface area (Å²) in [4.78, 5) is 19.8. The van der Waals surface area contributed by atoms with E-state index in [1.165, 1.54) is 0 Å². The second-order valence-corrected chi connectivity index (χ2v) is 7.88. The number of aliphatic imine (C=N–C) groups is 1. The van der Waals surface area contributed by atoms with Crippen LogP contribution in [-0.2, 0) is 4.74 Å². The molecular weight excluding hydrogens is 388 g/mol. The Labute approximate surface area is 175 Å². The highest BCUT2D eigenvalue weighted by Crippen LogP contribution is 2.36. The van der Waals surface area contributed by atoms with E-state index in [0.717, 1.165) is 30.1 Å². The van der Waals surface area contributed by atoms with Crippen LogP contribution < -0.4 is 10.6 Å². The van der Waals surface area contributed by atoms with Crippen LogP contribution >= 0.6 is 11.6 Å². The molecule has 1 atom stereocenters. The zero-order chi connectivity index (χ0) is 20.3. The topological polar surface area (TPSA) is 66.0 Å². The van der Waals surface area contributed by atoms with Gasteiger partial charge < -0.3 is 20.3 Å². The van der Waals surface area contributed by atoms with Gasteiger partial charge in [0, 0.05) is 24.2 Å². The molecule has 0 saturated carbocycles. The van der Waals surface area contributed by atoms with E-state index < -0.39 is 5.54 Å². The predicted molar refractivity (Wildman–Crippen MR) is 117 cm³/mol. The molecular formula is C22H25ClN4O2. The molecule has 2 N–H and O–H groups in total. The summed E-state index contributed by atoms with van der Waals surface area (Å²) in [6.45, 7) is 2.36. The number of piperidine rings is 1. The van der Waals surface area contributed by atoms with Gasteiger partial charge >= 0.3 is 0 Å². The Bertz CT molecular complexity index is 933. The Morgan fingerprint density at radius 1 is 1.24 bits per heavy atom. The van der Waals surface area contributed by atoms with Crippen molar-refractivity contribution < 1.29 is 9.53 Å². The lowest BCUT2D eigenvalue weighted by molar-refractivity contribution is 0.0694. The maximum absolute atomic E-state index is 13.1. The number of carbonyl (C=O) groups excluding carboxylic acids is 1. The molecule has 29 heavy (non-hydrogen) atoms. The van der Waals surface area contributed by atoms with Crippen LogP contribution in [-0.4, -0.2) is 55.5 Å². The highest BCUT2D eigenvalue weighted by atomic mass is 35.5. The molecule has 1 fully saturated rings. The number of amides is 1. The summed E-state index contributed by atoms with van der Waals surface area (Å²) in [5.74, 6) is 0.848. The van der Waals surface area contributed by atoms with Crippen LogP contribution in [0.4, 0.5) is 11.4 Å². The molecule has 0 aromatic heterocycles. The van der Waals surface area contributed by atoms with E-state index in [-0.39, 0.29) is 5.91 Å². The molecule has 0 unspecified atom stereocenters. The lowest BCUT2D eigenvalue weighted by Crippen LogP contribution is -2.62. The number of hydrogen-bond donors (Lipinski definition) is 2. The summed E-state index contributed by atoms with van der Waals surface area (Å²) in [6, 6.07) is 15.2. The second-order valence-electron chi connectivity index (χ2n) is 7.44. The number of fused-ring (bicyclic) bond motifs is 1. The number of carbonyl (C=O) groups is 1. The third-order valence-corrected chi connectivity index (χ3v) is 5.66. The molecule has 2 heterocycles. The van der Waals surface area contributed by atoms with Crippen molar-refractivity contribution in [2.24, 2.45) is 4.99 Å². The van der Waals surface area contributed by atoms with Crippen molar-refractivity contribution in [1.82, 2.24) is 4.90 Å². The average molecular weight is 413 g/mol. The predicted octanol–water partition coefficient (Wildman–Crippen LogP) is 3.90. The maximum Gasteiger partial charge on any atom is 0.253 e. The number of benzene rings is 2. The van der Waals surface area contributed by atoms with Gasteiger partial charge in [0.2, 0.25) is 0 Å². The third kappa shape index (κ3) is 4.09. The summed E-state index contributed by atoms with van der Waals surface area (Å²) < 4.78 is 5.17. The number of nitrogens with zero attached hydrogens (tertiary/aromatic N) is 2. The first-order valence-corrected chi connectivity index (χ1v) is 10.2. The van der Waals surface area contributed by atoms with Crippen LogP contribution in [0.15, 0.2) is 53.5 Å². The first-order valence-electron chi connectivity index (χ1n) is 9.84. The average Bonchev–Trinajstić information content (AvgIpc) is 2.74. The van der Waals surface area contributed by atoms with E-state index in [2.05, 4.69) is 10.6 Å².